The maximum atomic E-state index is 12.5. The van der Waals surface area contributed by atoms with Crippen LogP contribution in [0.15, 0.2) is 42.5 Å². The van der Waals surface area contributed by atoms with Crippen LogP contribution in [0.4, 0.5) is 13.2 Å². The zero-order chi connectivity index (χ0) is 21.9. The van der Waals surface area contributed by atoms with E-state index < -0.39 is 12.4 Å². The largest absolute Gasteiger partial charge is 0.573 e. The van der Waals surface area contributed by atoms with Crippen LogP contribution in [0.3, 0.4) is 0 Å². The van der Waals surface area contributed by atoms with Gasteiger partial charge in [0.1, 0.15) is 23.6 Å². The Labute approximate surface area is 171 Å². The first-order valence-electron chi connectivity index (χ1n) is 9.31. The lowest BCUT2D eigenvalue weighted by atomic mass is 10.0. The van der Waals surface area contributed by atoms with Gasteiger partial charge < -0.3 is 20.1 Å². The molecule has 0 aliphatic carbocycles. The van der Waals surface area contributed by atoms with Crippen LogP contribution >= 0.6 is 0 Å². The Hall–Kier alpha value is -3.23. The van der Waals surface area contributed by atoms with Crippen molar-refractivity contribution in [1.29, 1.82) is 0 Å². The number of amides is 2. The van der Waals surface area contributed by atoms with Gasteiger partial charge in [0, 0.05) is 13.3 Å². The fourth-order valence-electron chi connectivity index (χ4n) is 3.22. The minimum Gasteiger partial charge on any atom is -0.488 e. The summed E-state index contributed by atoms with van der Waals surface area (Å²) in [4.78, 5) is 23.0. The second kappa shape index (κ2) is 8.64. The van der Waals surface area contributed by atoms with Gasteiger partial charge in [-0.2, -0.15) is 0 Å². The number of rotatable bonds is 6. The van der Waals surface area contributed by atoms with Crippen molar-refractivity contribution in [2.24, 2.45) is 0 Å². The summed E-state index contributed by atoms with van der Waals surface area (Å²) in [7, 11) is 0. The third-order valence-corrected chi connectivity index (χ3v) is 4.52. The van der Waals surface area contributed by atoms with E-state index in [4.69, 9.17) is 4.74 Å². The van der Waals surface area contributed by atoms with E-state index in [1.807, 2.05) is 6.07 Å². The van der Waals surface area contributed by atoms with Crippen molar-refractivity contribution < 1.29 is 32.2 Å². The predicted octanol–water partition coefficient (Wildman–Crippen LogP) is 3.20. The molecule has 1 aliphatic heterocycles. The monoisotopic (exact) mass is 422 g/mol. The SMILES string of the molecule is CC(=O)N[C@@H](C)C(=O)NC[C@H]1Cc2cc(-c3cccc(OC(F)(F)F)c3)ccc2O1. The van der Waals surface area contributed by atoms with Gasteiger partial charge in [0.15, 0.2) is 0 Å². The first-order chi connectivity index (χ1) is 14.1. The van der Waals surface area contributed by atoms with E-state index in [0.717, 1.165) is 11.1 Å². The highest BCUT2D eigenvalue weighted by Crippen LogP contribution is 2.34. The Morgan fingerprint density at radius 2 is 1.93 bits per heavy atom. The van der Waals surface area contributed by atoms with Gasteiger partial charge in [-0.1, -0.05) is 18.2 Å². The van der Waals surface area contributed by atoms with Crippen LogP contribution in [0.25, 0.3) is 11.1 Å². The molecule has 1 heterocycles. The summed E-state index contributed by atoms with van der Waals surface area (Å²) in [5, 5.41) is 5.25. The Bertz CT molecular complexity index is 946. The average molecular weight is 422 g/mol. The maximum Gasteiger partial charge on any atom is 0.573 e. The molecule has 0 saturated carbocycles. The molecular formula is C21H21F3N2O4. The van der Waals surface area contributed by atoms with Gasteiger partial charge in [-0.05, 0) is 47.9 Å². The Balaban J connectivity index is 1.63. The third-order valence-electron chi connectivity index (χ3n) is 4.52. The maximum absolute atomic E-state index is 12.5. The second-order valence-corrected chi connectivity index (χ2v) is 7.01. The molecule has 2 N–H and O–H groups in total. The number of hydrogen-bond acceptors (Lipinski definition) is 4. The van der Waals surface area contributed by atoms with Crippen molar-refractivity contribution >= 4 is 11.8 Å². The molecule has 6 nitrogen and oxygen atoms in total. The van der Waals surface area contributed by atoms with Crippen LogP contribution in [-0.2, 0) is 16.0 Å². The first-order valence-corrected chi connectivity index (χ1v) is 9.31. The van der Waals surface area contributed by atoms with Crippen LogP contribution in [0.1, 0.15) is 19.4 Å². The van der Waals surface area contributed by atoms with Crippen molar-refractivity contribution in [3.8, 4) is 22.6 Å². The normalized spacial score (nSPS) is 16.2. The number of hydrogen-bond donors (Lipinski definition) is 2. The highest BCUT2D eigenvalue weighted by molar-refractivity contribution is 5.86. The van der Waals surface area contributed by atoms with Crippen molar-refractivity contribution in [3.05, 3.63) is 48.0 Å². The summed E-state index contributed by atoms with van der Waals surface area (Å²) in [5.41, 5.74) is 2.21. The van der Waals surface area contributed by atoms with Crippen LogP contribution in [-0.4, -0.2) is 36.9 Å². The molecule has 0 unspecified atom stereocenters. The molecule has 0 radical (unpaired) electrons. The Morgan fingerprint density at radius 1 is 1.20 bits per heavy atom. The summed E-state index contributed by atoms with van der Waals surface area (Å²) < 4.78 is 47.2. The summed E-state index contributed by atoms with van der Waals surface area (Å²) in [6, 6.07) is 10.5. The van der Waals surface area contributed by atoms with Crippen LogP contribution in [0.2, 0.25) is 0 Å². The molecule has 2 aromatic carbocycles. The van der Waals surface area contributed by atoms with E-state index in [2.05, 4.69) is 15.4 Å². The highest BCUT2D eigenvalue weighted by Gasteiger charge is 2.31. The fourth-order valence-corrected chi connectivity index (χ4v) is 3.22. The predicted molar refractivity (Wildman–Crippen MR) is 103 cm³/mol. The number of halogens is 3. The molecule has 2 aromatic rings. The lowest BCUT2D eigenvalue weighted by Crippen LogP contribution is -2.46. The van der Waals surface area contributed by atoms with Gasteiger partial charge in [0.05, 0.1) is 6.54 Å². The molecule has 0 bridgehead atoms. The zero-order valence-corrected chi connectivity index (χ0v) is 16.4. The number of carbonyl (C=O) groups excluding carboxylic acids is 2. The molecular weight excluding hydrogens is 401 g/mol. The van der Waals surface area contributed by atoms with E-state index in [1.165, 1.54) is 25.1 Å². The van der Waals surface area contributed by atoms with E-state index >= 15 is 0 Å². The summed E-state index contributed by atoms with van der Waals surface area (Å²) in [5.74, 6) is -0.229. The van der Waals surface area contributed by atoms with E-state index in [9.17, 15) is 22.8 Å². The van der Waals surface area contributed by atoms with Crippen molar-refractivity contribution in [2.75, 3.05) is 6.54 Å². The van der Waals surface area contributed by atoms with E-state index in [-0.39, 0.29) is 30.2 Å². The smallest absolute Gasteiger partial charge is 0.488 e. The molecule has 3 rings (SSSR count). The van der Waals surface area contributed by atoms with Crippen LogP contribution in [0.5, 0.6) is 11.5 Å². The van der Waals surface area contributed by atoms with E-state index in [1.54, 1.807) is 25.1 Å². The molecule has 160 valence electrons. The number of fused-ring (bicyclic) bond motifs is 1. The van der Waals surface area contributed by atoms with Gasteiger partial charge in [0.2, 0.25) is 11.8 Å². The number of alkyl halides is 3. The van der Waals surface area contributed by atoms with Crippen molar-refractivity contribution in [3.63, 3.8) is 0 Å². The first kappa shape index (κ1) is 21.5. The number of benzene rings is 2. The highest BCUT2D eigenvalue weighted by atomic mass is 19.4. The molecule has 30 heavy (non-hydrogen) atoms. The van der Waals surface area contributed by atoms with Crippen LogP contribution < -0.4 is 20.1 Å². The van der Waals surface area contributed by atoms with Gasteiger partial charge in [-0.25, -0.2) is 0 Å². The molecule has 2 amide bonds. The van der Waals surface area contributed by atoms with Gasteiger partial charge in [-0.15, -0.1) is 13.2 Å². The van der Waals surface area contributed by atoms with Gasteiger partial charge >= 0.3 is 6.36 Å². The molecule has 0 saturated heterocycles. The number of nitrogens with one attached hydrogen (secondary N) is 2. The minimum absolute atomic E-state index is 0.266. The second-order valence-electron chi connectivity index (χ2n) is 7.01. The summed E-state index contributed by atoms with van der Waals surface area (Å²) in [6.07, 6.45) is -4.49. The molecule has 0 fully saturated rings. The Morgan fingerprint density at radius 3 is 2.63 bits per heavy atom. The van der Waals surface area contributed by atoms with Gasteiger partial charge in [-0.3, -0.25) is 9.59 Å². The Kier molecular flexibility index (Phi) is 6.19. The molecule has 9 heteroatoms. The standard InChI is InChI=1S/C21H21F3N2O4/c1-12(26-13(2)27)20(28)25-11-18-10-16-8-15(6-7-19(16)29-18)14-4-3-5-17(9-14)30-21(22,23)24/h3-9,12,18H,10-11H2,1-2H3,(H,25,28)(H,26,27)/t12-,18+/m0/s1. The number of carbonyl (C=O) groups is 2. The van der Waals surface area contributed by atoms with Crippen LogP contribution in [0, 0.1) is 0 Å². The lowest BCUT2D eigenvalue weighted by Gasteiger charge is -2.15. The number of ether oxygens (including phenoxy) is 2. The van der Waals surface area contributed by atoms with Crippen molar-refractivity contribution in [2.45, 2.75) is 38.8 Å². The summed E-state index contributed by atoms with van der Waals surface area (Å²) >= 11 is 0. The van der Waals surface area contributed by atoms with Crippen molar-refractivity contribution in [1.82, 2.24) is 10.6 Å². The minimum atomic E-state index is -4.75. The zero-order valence-electron chi connectivity index (χ0n) is 16.4. The third kappa shape index (κ3) is 5.65. The molecule has 0 spiro atoms. The average Bonchev–Trinajstić information content (AvgIpc) is 3.06. The summed E-state index contributed by atoms with van der Waals surface area (Å²) in [6.45, 7) is 3.19. The fraction of sp³-hybridized carbons (Fsp3) is 0.333. The quantitative estimate of drug-likeness (QED) is 0.750. The molecule has 1 aliphatic rings. The van der Waals surface area contributed by atoms with Gasteiger partial charge in [0.25, 0.3) is 0 Å². The van der Waals surface area contributed by atoms with E-state index in [0.29, 0.717) is 17.7 Å². The lowest BCUT2D eigenvalue weighted by molar-refractivity contribution is -0.274. The molecule has 2 atom stereocenters. The topological polar surface area (TPSA) is 76.7 Å². The molecule has 0 aromatic heterocycles.